The van der Waals surface area contributed by atoms with Crippen molar-refractivity contribution in [3.63, 3.8) is 0 Å². The van der Waals surface area contributed by atoms with Gasteiger partial charge in [-0.15, -0.1) is 0 Å². The fraction of sp³-hybridized carbons (Fsp3) is 0.611. The molecule has 0 spiro atoms. The van der Waals surface area contributed by atoms with Gasteiger partial charge in [-0.05, 0) is 66.6 Å². The van der Waals surface area contributed by atoms with Crippen LogP contribution in [0.15, 0.2) is 62.5 Å². The number of ether oxygens (including phenoxy) is 3. The molecule has 5 atom stereocenters. The Bertz CT molecular complexity index is 904. The monoisotopic (exact) mass is 816 g/mol. The minimum Gasteiger partial charge on any atom is -0.502 e. The number of aliphatic hydroxyl groups is 1. The SMILES string of the molecule is C.C=C(C)C(=O)NCC(O)CS.C=C(C)C(=O)OCC(C)CS.C=CC(=O)NCC(C)CS.C=CC(=O)OCC(C)CS.C=COCC(C)CS. The first-order chi connectivity index (χ1) is 23.4. The minimum absolute atomic E-state index is 0. The summed E-state index contributed by atoms with van der Waals surface area (Å²) in [4.78, 5) is 42.7. The van der Waals surface area contributed by atoms with Crippen molar-refractivity contribution in [3.05, 3.63) is 62.5 Å². The fourth-order valence-corrected chi connectivity index (χ4v) is 2.43. The van der Waals surface area contributed by atoms with Crippen molar-refractivity contribution < 1.29 is 38.5 Å². The molecule has 0 saturated heterocycles. The summed E-state index contributed by atoms with van der Waals surface area (Å²) >= 11 is 20.1. The second-order valence-electron chi connectivity index (χ2n) is 11.1. The van der Waals surface area contributed by atoms with Crippen LogP contribution in [0.3, 0.4) is 0 Å². The molecule has 0 aliphatic rings. The quantitative estimate of drug-likeness (QED) is 0.0318. The van der Waals surface area contributed by atoms with E-state index in [0.29, 0.717) is 60.3 Å². The molecule has 15 heteroatoms. The van der Waals surface area contributed by atoms with Crippen LogP contribution < -0.4 is 10.6 Å². The number of amides is 2. The highest BCUT2D eigenvalue weighted by molar-refractivity contribution is 7.80. The van der Waals surface area contributed by atoms with E-state index in [4.69, 9.17) is 19.3 Å². The molecule has 0 rings (SSSR count). The number of hydrogen-bond donors (Lipinski definition) is 8. The van der Waals surface area contributed by atoms with Crippen LogP contribution >= 0.6 is 63.1 Å². The van der Waals surface area contributed by atoms with Gasteiger partial charge in [-0.1, -0.05) is 68.0 Å². The van der Waals surface area contributed by atoms with Gasteiger partial charge >= 0.3 is 11.9 Å². The summed E-state index contributed by atoms with van der Waals surface area (Å²) in [6, 6.07) is 0. The second-order valence-corrected chi connectivity index (χ2v) is 13.0. The molecule has 0 aromatic rings. The zero-order chi connectivity index (χ0) is 40.1. The largest absolute Gasteiger partial charge is 0.502 e. The summed E-state index contributed by atoms with van der Waals surface area (Å²) < 4.78 is 14.5. The van der Waals surface area contributed by atoms with E-state index in [9.17, 15) is 19.2 Å². The molecule has 10 nitrogen and oxygen atoms in total. The van der Waals surface area contributed by atoms with E-state index in [-0.39, 0.29) is 37.7 Å². The third-order valence-electron chi connectivity index (χ3n) is 5.18. The molecule has 0 fully saturated rings. The first-order valence-corrected chi connectivity index (χ1v) is 18.9. The zero-order valence-electron chi connectivity index (χ0n) is 30.8. The third kappa shape index (κ3) is 52.6. The number of esters is 2. The van der Waals surface area contributed by atoms with Crippen molar-refractivity contribution >= 4 is 86.9 Å². The topological polar surface area (TPSA) is 140 Å². The van der Waals surface area contributed by atoms with Gasteiger partial charge in [0.05, 0.1) is 32.2 Å². The van der Waals surface area contributed by atoms with Crippen molar-refractivity contribution in [1.29, 1.82) is 0 Å². The third-order valence-corrected chi connectivity index (χ3v) is 8.09. The lowest BCUT2D eigenvalue weighted by atomic mass is 10.2. The van der Waals surface area contributed by atoms with E-state index in [0.717, 1.165) is 35.7 Å². The van der Waals surface area contributed by atoms with Crippen LogP contribution in [0.4, 0.5) is 0 Å². The van der Waals surface area contributed by atoms with Crippen LogP contribution in [-0.4, -0.2) is 96.6 Å². The maximum absolute atomic E-state index is 10.8. The van der Waals surface area contributed by atoms with Crippen LogP contribution in [0.1, 0.15) is 49.0 Å². The van der Waals surface area contributed by atoms with Gasteiger partial charge in [0.25, 0.3) is 0 Å². The minimum atomic E-state index is -0.582. The Labute approximate surface area is 337 Å². The predicted octanol–water partition coefficient (Wildman–Crippen LogP) is 6.13. The highest BCUT2D eigenvalue weighted by Gasteiger charge is 2.06. The number of nitrogens with one attached hydrogen (secondary N) is 2. The van der Waals surface area contributed by atoms with E-state index in [2.05, 4.69) is 114 Å². The summed E-state index contributed by atoms with van der Waals surface area (Å²) in [5.74, 6) is 3.99. The van der Waals surface area contributed by atoms with Gasteiger partial charge in [0.2, 0.25) is 11.8 Å². The van der Waals surface area contributed by atoms with E-state index in [1.54, 1.807) is 13.8 Å². The molecule has 0 heterocycles. The van der Waals surface area contributed by atoms with Gasteiger partial charge < -0.3 is 30.0 Å². The Kier molecular flexibility index (Phi) is 53.1. The van der Waals surface area contributed by atoms with E-state index < -0.39 is 6.10 Å². The van der Waals surface area contributed by atoms with E-state index >= 15 is 0 Å². The smallest absolute Gasteiger partial charge is 0.333 e. The summed E-state index contributed by atoms with van der Waals surface area (Å²) in [6.45, 7) is 30.7. The lowest BCUT2D eigenvalue weighted by Crippen LogP contribution is -2.33. The molecule has 2 amide bonds. The van der Waals surface area contributed by atoms with Gasteiger partial charge in [-0.25, -0.2) is 9.59 Å². The maximum Gasteiger partial charge on any atom is 0.333 e. The first kappa shape index (κ1) is 61.1. The summed E-state index contributed by atoms with van der Waals surface area (Å²) in [5.41, 5.74) is 0.882. The Balaban J connectivity index is -0.000000124. The second kappa shape index (κ2) is 44.3. The number of carbonyl (C=O) groups is 4. The molecule has 300 valence electrons. The molecule has 0 radical (unpaired) electrons. The highest BCUT2D eigenvalue weighted by Crippen LogP contribution is 2.01. The maximum atomic E-state index is 10.8. The normalized spacial score (nSPS) is 12.1. The summed E-state index contributed by atoms with van der Waals surface area (Å²) in [7, 11) is 0. The van der Waals surface area contributed by atoms with Crippen LogP contribution in [-0.2, 0) is 33.4 Å². The Morgan fingerprint density at radius 1 is 0.667 bits per heavy atom. The lowest BCUT2D eigenvalue weighted by molar-refractivity contribution is -0.140. The Morgan fingerprint density at radius 3 is 1.47 bits per heavy atom. The molecular weight excluding hydrogens is 749 g/mol. The molecule has 0 aliphatic heterocycles. The van der Waals surface area contributed by atoms with Gasteiger partial charge in [-0.2, -0.15) is 63.1 Å². The van der Waals surface area contributed by atoms with Crippen molar-refractivity contribution in [2.24, 2.45) is 23.7 Å². The number of aliphatic hydroxyl groups excluding tert-OH is 1. The van der Waals surface area contributed by atoms with Crippen LogP contribution in [0.5, 0.6) is 0 Å². The number of rotatable bonds is 20. The van der Waals surface area contributed by atoms with Gasteiger partial charge in [0.1, 0.15) is 0 Å². The standard InChI is InChI=1S/C8H14O2S.C7H13NO2S.C7H13NOS.C7H12O2S.C6H12OS.CH4/c1-6(2)8(9)10-4-7(3)5-11;1-5(2)7(10)8-3-6(9)4-11;1-3-7(9)8-4-6(2)5-10;1-3-7(8)9-4-6(2)5-10;1-3-7-4-6(2)5-8;/h7,11H,1,4-5H2,2-3H3;6,9,11H,1,3-4H2,2H3,(H,8,10);3,6,10H,1,4-5H2,2H3,(H,8,9);3,6,10H,1,4-5H2,2H3;3,6,8H,1,4-5H2,2H3;1H4. The molecule has 0 aromatic heterocycles. The summed E-state index contributed by atoms with van der Waals surface area (Å²) in [6.07, 6.45) is 3.30. The average molecular weight is 817 g/mol. The zero-order valence-corrected chi connectivity index (χ0v) is 35.2. The van der Waals surface area contributed by atoms with Crippen molar-refractivity contribution in [1.82, 2.24) is 10.6 Å². The van der Waals surface area contributed by atoms with Crippen LogP contribution in [0.25, 0.3) is 0 Å². The van der Waals surface area contributed by atoms with E-state index in [1.807, 2.05) is 20.8 Å². The first-order valence-electron chi connectivity index (χ1n) is 15.8. The fourth-order valence-electron chi connectivity index (χ4n) is 1.85. The van der Waals surface area contributed by atoms with Crippen LogP contribution in [0.2, 0.25) is 0 Å². The number of hydrogen-bond acceptors (Lipinski definition) is 13. The Morgan fingerprint density at radius 2 is 1.12 bits per heavy atom. The van der Waals surface area contributed by atoms with Crippen molar-refractivity contribution in [3.8, 4) is 0 Å². The van der Waals surface area contributed by atoms with Crippen molar-refractivity contribution in [2.75, 3.05) is 61.7 Å². The molecule has 0 saturated carbocycles. The van der Waals surface area contributed by atoms with Crippen molar-refractivity contribution in [2.45, 2.75) is 55.1 Å². The van der Waals surface area contributed by atoms with E-state index in [1.165, 1.54) is 12.3 Å². The lowest BCUT2D eigenvalue weighted by Gasteiger charge is -2.08. The molecule has 51 heavy (non-hydrogen) atoms. The predicted molar refractivity (Wildman–Crippen MR) is 233 cm³/mol. The molecule has 5 unspecified atom stereocenters. The molecule has 0 aliphatic carbocycles. The van der Waals surface area contributed by atoms with Gasteiger partial charge in [-0.3, -0.25) is 9.59 Å². The highest BCUT2D eigenvalue weighted by atomic mass is 32.1. The molecule has 3 N–H and O–H groups in total. The summed E-state index contributed by atoms with van der Waals surface area (Å²) in [5, 5.41) is 14.1. The molecule has 0 bridgehead atoms. The van der Waals surface area contributed by atoms with Crippen LogP contribution in [0, 0.1) is 23.7 Å². The number of thiol groups is 5. The average Bonchev–Trinajstić information content (AvgIpc) is 3.12. The van der Waals surface area contributed by atoms with Gasteiger partial charge in [0.15, 0.2) is 0 Å². The Hall–Kier alpha value is -1.91. The molecular formula is C36H68N2O8S5. The number of carbonyl (C=O) groups excluding carboxylic acids is 4. The molecule has 0 aromatic carbocycles. The van der Waals surface area contributed by atoms with Gasteiger partial charge in [0, 0.05) is 36.1 Å².